The van der Waals surface area contributed by atoms with Gasteiger partial charge in [-0.05, 0) is 38.8 Å². The molecule has 1 fully saturated rings. The highest BCUT2D eigenvalue weighted by Gasteiger charge is 2.21. The summed E-state index contributed by atoms with van der Waals surface area (Å²) in [4.78, 5) is 2.62. The molecule has 0 aromatic heterocycles. The van der Waals surface area contributed by atoms with Gasteiger partial charge < -0.3 is 15.4 Å². The van der Waals surface area contributed by atoms with Gasteiger partial charge >= 0.3 is 0 Å². The van der Waals surface area contributed by atoms with Crippen molar-refractivity contribution >= 4 is 0 Å². The van der Waals surface area contributed by atoms with Crippen LogP contribution in [0.5, 0.6) is 0 Å². The average molecular weight is 214 g/mol. The van der Waals surface area contributed by atoms with Crippen LogP contribution in [-0.2, 0) is 4.74 Å². The monoisotopic (exact) mass is 214 g/mol. The fourth-order valence-electron chi connectivity index (χ4n) is 2.45. The molecular weight excluding hydrogens is 188 g/mol. The van der Waals surface area contributed by atoms with Gasteiger partial charge in [0.05, 0.1) is 0 Å². The van der Waals surface area contributed by atoms with E-state index in [9.17, 15) is 0 Å². The van der Waals surface area contributed by atoms with Crippen molar-refractivity contribution < 1.29 is 4.74 Å². The zero-order valence-corrected chi connectivity index (χ0v) is 10.1. The third-order valence-electron chi connectivity index (χ3n) is 3.28. The van der Waals surface area contributed by atoms with E-state index in [1.54, 1.807) is 7.11 Å². The normalized spacial score (nSPS) is 17.8. The third-order valence-corrected chi connectivity index (χ3v) is 3.28. The van der Waals surface area contributed by atoms with Gasteiger partial charge in [-0.15, -0.1) is 0 Å². The summed E-state index contributed by atoms with van der Waals surface area (Å²) < 4.78 is 5.11. The molecule has 3 nitrogen and oxygen atoms in total. The summed E-state index contributed by atoms with van der Waals surface area (Å²) in [6.45, 7) is 4.04. The first-order valence-corrected chi connectivity index (χ1v) is 6.31. The van der Waals surface area contributed by atoms with Crippen LogP contribution < -0.4 is 5.73 Å². The van der Waals surface area contributed by atoms with Crippen LogP contribution >= 0.6 is 0 Å². The average Bonchev–Trinajstić information content (AvgIpc) is 2.76. The van der Waals surface area contributed by atoms with Crippen molar-refractivity contribution in [3.05, 3.63) is 0 Å². The van der Waals surface area contributed by atoms with Gasteiger partial charge in [-0.3, -0.25) is 0 Å². The van der Waals surface area contributed by atoms with Gasteiger partial charge in [-0.1, -0.05) is 12.8 Å². The van der Waals surface area contributed by atoms with Gasteiger partial charge in [-0.2, -0.15) is 0 Å². The fourth-order valence-corrected chi connectivity index (χ4v) is 2.45. The Morgan fingerprint density at radius 3 is 2.47 bits per heavy atom. The van der Waals surface area contributed by atoms with E-state index in [1.807, 2.05) is 0 Å². The summed E-state index contributed by atoms with van der Waals surface area (Å²) >= 11 is 0. The zero-order chi connectivity index (χ0) is 10.9. The van der Waals surface area contributed by atoms with E-state index in [0.717, 1.165) is 32.0 Å². The Bertz CT molecular complexity index is 147. The first kappa shape index (κ1) is 12.9. The van der Waals surface area contributed by atoms with E-state index >= 15 is 0 Å². The highest BCUT2D eigenvalue weighted by atomic mass is 16.5. The minimum atomic E-state index is 0.813. The third kappa shape index (κ3) is 4.96. The molecule has 0 atom stereocenters. The SMILES string of the molecule is COCCCN(CCCN)C1CCCC1. The quantitative estimate of drug-likeness (QED) is 0.624. The highest BCUT2D eigenvalue weighted by molar-refractivity contribution is 4.77. The Kier molecular flexibility index (Phi) is 6.98. The lowest BCUT2D eigenvalue weighted by molar-refractivity contribution is 0.149. The molecule has 0 aromatic rings. The summed E-state index contributed by atoms with van der Waals surface area (Å²) in [6, 6.07) is 0.827. The molecule has 3 heteroatoms. The van der Waals surface area contributed by atoms with Crippen molar-refractivity contribution in [3.8, 4) is 0 Å². The standard InChI is InChI=1S/C12H26N2O/c1-15-11-5-10-14(9-4-8-13)12-6-2-3-7-12/h12H,2-11,13H2,1H3. The predicted molar refractivity (Wildman–Crippen MR) is 64.0 cm³/mol. The Balaban J connectivity index is 2.23. The Hall–Kier alpha value is -0.120. The molecule has 0 amide bonds. The summed E-state index contributed by atoms with van der Waals surface area (Å²) in [5.74, 6) is 0. The van der Waals surface area contributed by atoms with Crippen LogP contribution in [0.15, 0.2) is 0 Å². The molecule has 1 aliphatic carbocycles. The van der Waals surface area contributed by atoms with Crippen LogP contribution in [0.4, 0.5) is 0 Å². The van der Waals surface area contributed by atoms with Crippen LogP contribution in [0.25, 0.3) is 0 Å². The molecule has 0 saturated heterocycles. The van der Waals surface area contributed by atoms with Crippen LogP contribution in [-0.4, -0.2) is 44.3 Å². The topological polar surface area (TPSA) is 38.5 Å². The van der Waals surface area contributed by atoms with E-state index in [2.05, 4.69) is 4.90 Å². The lowest BCUT2D eigenvalue weighted by Crippen LogP contribution is -2.36. The molecule has 0 bridgehead atoms. The van der Waals surface area contributed by atoms with Gasteiger partial charge in [-0.25, -0.2) is 0 Å². The number of nitrogens with zero attached hydrogens (tertiary/aromatic N) is 1. The minimum Gasteiger partial charge on any atom is -0.385 e. The fraction of sp³-hybridized carbons (Fsp3) is 1.00. The van der Waals surface area contributed by atoms with Gasteiger partial charge in [0, 0.05) is 26.3 Å². The molecular formula is C12H26N2O. The van der Waals surface area contributed by atoms with Crippen LogP contribution in [0.2, 0.25) is 0 Å². The predicted octanol–water partition coefficient (Wildman–Crippen LogP) is 1.62. The van der Waals surface area contributed by atoms with Crippen LogP contribution in [0.1, 0.15) is 38.5 Å². The molecule has 0 heterocycles. The number of methoxy groups -OCH3 is 1. The van der Waals surface area contributed by atoms with Crippen LogP contribution in [0, 0.1) is 0 Å². The molecule has 0 aliphatic heterocycles. The largest absolute Gasteiger partial charge is 0.385 e. The second-order valence-electron chi connectivity index (χ2n) is 4.46. The lowest BCUT2D eigenvalue weighted by Gasteiger charge is -2.28. The molecule has 1 saturated carbocycles. The number of nitrogens with two attached hydrogens (primary N) is 1. The minimum absolute atomic E-state index is 0.813. The van der Waals surface area contributed by atoms with Crippen molar-refractivity contribution in [1.82, 2.24) is 4.90 Å². The summed E-state index contributed by atoms with van der Waals surface area (Å²) in [6.07, 6.45) is 7.87. The van der Waals surface area contributed by atoms with Gasteiger partial charge in [0.1, 0.15) is 0 Å². The molecule has 0 spiro atoms. The Morgan fingerprint density at radius 1 is 1.20 bits per heavy atom. The maximum atomic E-state index is 5.58. The summed E-state index contributed by atoms with van der Waals surface area (Å²) in [7, 11) is 1.78. The van der Waals surface area contributed by atoms with Crippen molar-refractivity contribution in [2.75, 3.05) is 33.4 Å². The van der Waals surface area contributed by atoms with Gasteiger partial charge in [0.15, 0.2) is 0 Å². The number of hydrogen-bond donors (Lipinski definition) is 1. The molecule has 0 unspecified atom stereocenters. The van der Waals surface area contributed by atoms with Crippen molar-refractivity contribution in [2.24, 2.45) is 5.73 Å². The van der Waals surface area contributed by atoms with Crippen molar-refractivity contribution in [1.29, 1.82) is 0 Å². The molecule has 0 radical (unpaired) electrons. The van der Waals surface area contributed by atoms with Gasteiger partial charge in [0.25, 0.3) is 0 Å². The molecule has 1 rings (SSSR count). The van der Waals surface area contributed by atoms with E-state index in [-0.39, 0.29) is 0 Å². The molecule has 90 valence electrons. The number of rotatable bonds is 8. The van der Waals surface area contributed by atoms with Crippen molar-refractivity contribution in [2.45, 2.75) is 44.6 Å². The summed E-state index contributed by atoms with van der Waals surface area (Å²) in [5.41, 5.74) is 5.58. The second-order valence-corrected chi connectivity index (χ2v) is 4.46. The zero-order valence-electron chi connectivity index (χ0n) is 10.1. The maximum Gasteiger partial charge on any atom is 0.0474 e. The number of ether oxygens (including phenoxy) is 1. The van der Waals surface area contributed by atoms with Gasteiger partial charge in [0.2, 0.25) is 0 Å². The number of hydrogen-bond acceptors (Lipinski definition) is 3. The van der Waals surface area contributed by atoms with Crippen LogP contribution in [0.3, 0.4) is 0 Å². The Morgan fingerprint density at radius 2 is 1.87 bits per heavy atom. The van der Waals surface area contributed by atoms with E-state index in [4.69, 9.17) is 10.5 Å². The second kappa shape index (κ2) is 8.08. The van der Waals surface area contributed by atoms with E-state index < -0.39 is 0 Å². The van der Waals surface area contributed by atoms with E-state index in [1.165, 1.54) is 38.8 Å². The lowest BCUT2D eigenvalue weighted by atomic mass is 10.2. The van der Waals surface area contributed by atoms with E-state index in [0.29, 0.717) is 0 Å². The molecule has 2 N–H and O–H groups in total. The summed E-state index contributed by atoms with van der Waals surface area (Å²) in [5, 5.41) is 0. The van der Waals surface area contributed by atoms with Crippen molar-refractivity contribution in [3.63, 3.8) is 0 Å². The maximum absolute atomic E-state index is 5.58. The first-order valence-electron chi connectivity index (χ1n) is 6.31. The smallest absolute Gasteiger partial charge is 0.0474 e. The Labute approximate surface area is 94.0 Å². The molecule has 15 heavy (non-hydrogen) atoms. The highest BCUT2D eigenvalue weighted by Crippen LogP contribution is 2.23. The molecule has 0 aromatic carbocycles. The first-order chi connectivity index (χ1) is 7.38. The molecule has 1 aliphatic rings.